The molecule has 52 heavy (non-hydrogen) atoms. The Kier molecular flexibility index (Phi) is 12.0. The number of nitrogens with one attached hydrogen (secondary N) is 1. The van der Waals surface area contributed by atoms with E-state index in [4.69, 9.17) is 4.74 Å². The van der Waals surface area contributed by atoms with E-state index < -0.39 is 52.0 Å². The minimum absolute atomic E-state index is 0.0429. The van der Waals surface area contributed by atoms with Crippen LogP contribution in [0.15, 0.2) is 77.8 Å². The van der Waals surface area contributed by atoms with E-state index >= 15 is 0 Å². The third kappa shape index (κ3) is 8.43. The zero-order chi connectivity index (χ0) is 37.7. The molecule has 2 aromatic carbocycles. The molecule has 4 aromatic rings. The topological polar surface area (TPSA) is 167 Å². The molecule has 15 heteroatoms. The third-order valence-electron chi connectivity index (χ3n) is 9.09. The van der Waals surface area contributed by atoms with Crippen molar-refractivity contribution >= 4 is 39.0 Å². The molecule has 0 radical (unpaired) electrons. The van der Waals surface area contributed by atoms with Gasteiger partial charge in [0.1, 0.15) is 29.7 Å². The minimum Gasteiger partial charge on any atom is -0.497 e. The number of pyridine rings is 1. The lowest BCUT2D eigenvalue weighted by Crippen LogP contribution is -2.57. The monoisotopic (exact) mass is 733 g/mol. The molecule has 4 amide bonds. The van der Waals surface area contributed by atoms with Crippen molar-refractivity contribution in [2.75, 3.05) is 26.7 Å². The van der Waals surface area contributed by atoms with Crippen LogP contribution in [-0.2, 0) is 39.6 Å². The van der Waals surface area contributed by atoms with Crippen molar-refractivity contribution in [2.45, 2.75) is 63.7 Å². The summed E-state index contributed by atoms with van der Waals surface area (Å²) < 4.78 is 35.9. The number of fused-ring (bicyclic) bond motifs is 1. The molecular formula is C37H47N7O7S. The third-order valence-corrected chi connectivity index (χ3v) is 10.9. The minimum atomic E-state index is -4.05. The number of rotatable bonds is 16. The number of urea groups is 1. The van der Waals surface area contributed by atoms with Gasteiger partial charge in [0.25, 0.3) is 5.91 Å². The van der Waals surface area contributed by atoms with Gasteiger partial charge in [0, 0.05) is 26.3 Å². The second-order valence-electron chi connectivity index (χ2n) is 13.8. The second-order valence-corrected chi connectivity index (χ2v) is 15.7. The summed E-state index contributed by atoms with van der Waals surface area (Å²) in [5.74, 6) is -0.572. The van der Waals surface area contributed by atoms with Crippen molar-refractivity contribution in [3.63, 3.8) is 0 Å². The molecule has 1 saturated heterocycles. The summed E-state index contributed by atoms with van der Waals surface area (Å²) in [4.78, 5) is 52.5. The number of aromatic nitrogens is 3. The molecular weight excluding hydrogens is 687 g/mol. The first kappa shape index (κ1) is 38.4. The van der Waals surface area contributed by atoms with Gasteiger partial charge < -0.3 is 24.6 Å². The Labute approximate surface area is 304 Å². The average Bonchev–Trinajstić information content (AvgIpc) is 3.57. The molecule has 5 rings (SSSR count). The molecule has 1 fully saturated rings. The fraction of sp³-hybridized carbons (Fsp3) is 0.432. The number of sulfonamides is 1. The summed E-state index contributed by atoms with van der Waals surface area (Å²) in [6, 6.07) is 16.1. The van der Waals surface area contributed by atoms with Crippen molar-refractivity contribution in [1.82, 2.24) is 34.0 Å². The van der Waals surface area contributed by atoms with Crippen LogP contribution in [0.5, 0.6) is 5.75 Å². The van der Waals surface area contributed by atoms with E-state index in [1.807, 2.05) is 44.2 Å². The van der Waals surface area contributed by atoms with Crippen molar-refractivity contribution < 1.29 is 32.6 Å². The van der Waals surface area contributed by atoms with Gasteiger partial charge >= 0.3 is 6.03 Å². The summed E-state index contributed by atoms with van der Waals surface area (Å²) >= 11 is 0. The largest absolute Gasteiger partial charge is 0.497 e. The van der Waals surface area contributed by atoms with E-state index in [0.29, 0.717) is 22.7 Å². The molecule has 1 aliphatic rings. The van der Waals surface area contributed by atoms with Crippen molar-refractivity contribution in [3.05, 3.63) is 84.3 Å². The Morgan fingerprint density at radius 2 is 1.69 bits per heavy atom. The van der Waals surface area contributed by atoms with Gasteiger partial charge in [-0.1, -0.05) is 58.0 Å². The fourth-order valence-corrected chi connectivity index (χ4v) is 8.04. The maximum atomic E-state index is 14.2. The number of aliphatic hydroxyl groups excluding tert-OH is 1. The Morgan fingerprint density at radius 1 is 1.00 bits per heavy atom. The number of amides is 4. The molecule has 0 bridgehead atoms. The lowest BCUT2D eigenvalue weighted by Gasteiger charge is -2.34. The summed E-state index contributed by atoms with van der Waals surface area (Å²) in [5, 5.41) is 14.7. The number of hydrogen-bond donors (Lipinski definition) is 2. The first-order chi connectivity index (χ1) is 24.7. The van der Waals surface area contributed by atoms with Crippen LogP contribution in [0.1, 0.15) is 39.1 Å². The average molecular weight is 734 g/mol. The van der Waals surface area contributed by atoms with Gasteiger partial charge in [0.2, 0.25) is 15.9 Å². The highest BCUT2D eigenvalue weighted by atomic mass is 32.2. The first-order valence-electron chi connectivity index (χ1n) is 17.2. The molecule has 0 spiro atoms. The predicted octanol–water partition coefficient (Wildman–Crippen LogP) is 3.20. The highest BCUT2D eigenvalue weighted by Crippen LogP contribution is 2.25. The van der Waals surface area contributed by atoms with Crippen LogP contribution >= 0.6 is 0 Å². The van der Waals surface area contributed by atoms with Crippen molar-refractivity contribution in [1.29, 1.82) is 0 Å². The van der Waals surface area contributed by atoms with Gasteiger partial charge in [-0.2, -0.15) is 4.31 Å². The van der Waals surface area contributed by atoms with Crippen LogP contribution in [0.25, 0.3) is 11.2 Å². The van der Waals surface area contributed by atoms with Gasteiger partial charge in [0.05, 0.1) is 30.7 Å². The molecule has 3 heterocycles. The highest BCUT2D eigenvalue weighted by Gasteiger charge is 2.45. The standard InChI is InChI=1S/C37H47N7O7S/c1-24(2)20-42(52(49,50)28-16-14-27(51-6)15-17-28)21-31(45)30(19-26-11-8-7-9-12-26)40-36(47)34(25(3)4)44-23-33(46)43(37(44)48)22-32-39-29-13-10-18-38-35(29)41(32)5/h7-18,24-25,30-31,34,45H,19-23H2,1-6H3,(H,40,47)/t30-,31+,34-/m0/s1. The van der Waals surface area contributed by atoms with Gasteiger partial charge in [-0.15, -0.1) is 0 Å². The lowest BCUT2D eigenvalue weighted by molar-refractivity contribution is -0.129. The van der Waals surface area contributed by atoms with E-state index in [1.54, 1.807) is 55.9 Å². The lowest BCUT2D eigenvalue weighted by atomic mass is 9.97. The Balaban J connectivity index is 1.38. The zero-order valence-corrected chi connectivity index (χ0v) is 31.2. The molecule has 2 N–H and O–H groups in total. The number of imidazole rings is 1. The molecule has 1 aliphatic heterocycles. The normalized spacial score (nSPS) is 15.6. The van der Waals surface area contributed by atoms with E-state index in [2.05, 4.69) is 15.3 Å². The maximum Gasteiger partial charge on any atom is 0.328 e. The number of benzene rings is 2. The predicted molar refractivity (Wildman–Crippen MR) is 194 cm³/mol. The number of aryl methyl sites for hydroxylation is 1. The van der Waals surface area contributed by atoms with Gasteiger partial charge in [-0.3, -0.25) is 14.5 Å². The van der Waals surface area contributed by atoms with Crippen LogP contribution in [0.4, 0.5) is 4.79 Å². The number of aliphatic hydroxyl groups is 1. The van der Waals surface area contributed by atoms with Gasteiger partial charge in [-0.25, -0.2) is 23.2 Å². The van der Waals surface area contributed by atoms with E-state index in [1.165, 1.54) is 28.4 Å². The highest BCUT2D eigenvalue weighted by molar-refractivity contribution is 7.89. The maximum absolute atomic E-state index is 14.2. The number of methoxy groups -OCH3 is 1. The molecule has 14 nitrogen and oxygen atoms in total. The number of hydrogen-bond acceptors (Lipinski definition) is 9. The quantitative estimate of drug-likeness (QED) is 0.165. The molecule has 2 aromatic heterocycles. The Bertz CT molecular complexity index is 1980. The molecule has 0 aliphatic carbocycles. The summed E-state index contributed by atoms with van der Waals surface area (Å²) in [7, 11) is -0.804. The van der Waals surface area contributed by atoms with Crippen LogP contribution in [0.3, 0.4) is 0 Å². The van der Waals surface area contributed by atoms with Gasteiger partial charge in [0.15, 0.2) is 5.65 Å². The summed E-state index contributed by atoms with van der Waals surface area (Å²) in [6.45, 7) is 6.70. The number of nitrogens with zero attached hydrogens (tertiary/aromatic N) is 6. The first-order valence-corrected chi connectivity index (χ1v) is 18.7. The summed E-state index contributed by atoms with van der Waals surface area (Å²) in [6.07, 6.45) is 0.468. The van der Waals surface area contributed by atoms with Gasteiger partial charge in [-0.05, 0) is 60.2 Å². The van der Waals surface area contributed by atoms with E-state index in [-0.39, 0.29) is 43.4 Å². The number of ether oxygens (including phenoxy) is 1. The molecule has 0 unspecified atom stereocenters. The zero-order valence-electron chi connectivity index (χ0n) is 30.3. The second kappa shape index (κ2) is 16.2. The fourth-order valence-electron chi connectivity index (χ4n) is 6.42. The van der Waals surface area contributed by atoms with Crippen molar-refractivity contribution in [2.24, 2.45) is 18.9 Å². The molecule has 278 valence electrons. The van der Waals surface area contributed by atoms with E-state index in [9.17, 15) is 27.9 Å². The van der Waals surface area contributed by atoms with Crippen LogP contribution < -0.4 is 10.1 Å². The molecule has 3 atom stereocenters. The van der Waals surface area contributed by atoms with Crippen molar-refractivity contribution in [3.8, 4) is 5.75 Å². The Morgan fingerprint density at radius 3 is 2.31 bits per heavy atom. The number of carbonyl (C=O) groups is 3. The summed E-state index contributed by atoms with van der Waals surface area (Å²) in [5.41, 5.74) is 2.04. The number of carbonyl (C=O) groups excluding carboxylic acids is 3. The van der Waals surface area contributed by atoms with Crippen LogP contribution in [-0.4, -0.2) is 105 Å². The molecule has 0 saturated carbocycles. The SMILES string of the molecule is COc1ccc(S(=O)(=O)N(CC(C)C)C[C@@H](O)[C@H](Cc2ccccc2)NC(=O)[C@H](C(C)C)N2CC(=O)N(Cc3nc4cccnc4n3C)C2=O)cc1. The van der Waals surface area contributed by atoms with Crippen LogP contribution in [0, 0.1) is 11.8 Å². The smallest absolute Gasteiger partial charge is 0.328 e. The number of imide groups is 1. The Hall–Kier alpha value is -4.86. The van der Waals surface area contributed by atoms with E-state index in [0.717, 1.165) is 10.5 Å². The van der Waals surface area contributed by atoms with Crippen LogP contribution in [0.2, 0.25) is 0 Å².